The Labute approximate surface area is 205 Å². The summed E-state index contributed by atoms with van der Waals surface area (Å²) in [5.41, 5.74) is 5.09. The molecule has 2 aliphatic heterocycles. The molecule has 7 heteroatoms. The lowest BCUT2D eigenvalue weighted by Crippen LogP contribution is -2.45. The predicted octanol–water partition coefficient (Wildman–Crippen LogP) is 6.01. The summed E-state index contributed by atoms with van der Waals surface area (Å²) in [6.07, 6.45) is 5.24. The molecule has 0 unspecified atom stereocenters. The van der Waals surface area contributed by atoms with Gasteiger partial charge in [0.05, 0.1) is 30.4 Å². The number of amides is 1. The lowest BCUT2D eigenvalue weighted by molar-refractivity contribution is -0.115. The van der Waals surface area contributed by atoms with Crippen LogP contribution in [0, 0.1) is 0 Å². The minimum absolute atomic E-state index is 0.0773. The number of benzene rings is 2. The van der Waals surface area contributed by atoms with Crippen LogP contribution in [-0.2, 0) is 4.79 Å². The number of carbonyl (C=O) groups is 1. The number of hydrogen-bond donors (Lipinski definition) is 1. The fraction of sp³-hybridized carbons (Fsp3) is 0.333. The summed E-state index contributed by atoms with van der Waals surface area (Å²) in [5, 5.41) is 3.41. The molecule has 178 valence electrons. The highest BCUT2D eigenvalue weighted by Gasteiger charge is 2.32. The van der Waals surface area contributed by atoms with E-state index in [-0.39, 0.29) is 11.4 Å². The van der Waals surface area contributed by atoms with Crippen molar-refractivity contribution >= 4 is 45.9 Å². The van der Waals surface area contributed by atoms with Crippen molar-refractivity contribution in [1.82, 2.24) is 5.32 Å². The molecule has 0 aliphatic carbocycles. The summed E-state index contributed by atoms with van der Waals surface area (Å²) in [6.45, 7) is 9.76. The zero-order valence-electron chi connectivity index (χ0n) is 20.6. The number of thioether (sulfide) groups is 1. The summed E-state index contributed by atoms with van der Waals surface area (Å²) < 4.78 is 10.9. The average Bonchev–Trinajstić information content (AvgIpc) is 3.15. The van der Waals surface area contributed by atoms with Gasteiger partial charge in [-0.15, -0.1) is 0 Å². The maximum Gasteiger partial charge on any atom is 0.264 e. The molecule has 4 rings (SSSR count). The van der Waals surface area contributed by atoms with Crippen LogP contribution < -0.4 is 19.7 Å². The van der Waals surface area contributed by atoms with Gasteiger partial charge in [0.25, 0.3) is 5.91 Å². The van der Waals surface area contributed by atoms with Gasteiger partial charge in [-0.25, -0.2) is 4.99 Å². The van der Waals surface area contributed by atoms with Crippen molar-refractivity contribution in [3.05, 3.63) is 58.5 Å². The van der Waals surface area contributed by atoms with E-state index >= 15 is 0 Å². The zero-order chi connectivity index (χ0) is 24.5. The van der Waals surface area contributed by atoms with E-state index in [1.54, 1.807) is 14.2 Å². The lowest BCUT2D eigenvalue weighted by Gasteiger charge is -2.43. The van der Waals surface area contributed by atoms with E-state index in [0.29, 0.717) is 10.1 Å². The third-order valence-electron chi connectivity index (χ3n) is 6.02. The molecule has 2 heterocycles. The normalized spacial score (nSPS) is 19.2. The Morgan fingerprint density at radius 3 is 2.53 bits per heavy atom. The second-order valence-corrected chi connectivity index (χ2v) is 9.95. The van der Waals surface area contributed by atoms with Crippen molar-refractivity contribution in [2.75, 3.05) is 25.7 Å². The summed E-state index contributed by atoms with van der Waals surface area (Å²) in [7, 11) is 3.29. The largest absolute Gasteiger partial charge is 0.497 e. The van der Waals surface area contributed by atoms with Crippen LogP contribution in [0.3, 0.4) is 0 Å². The van der Waals surface area contributed by atoms with Crippen LogP contribution in [0.2, 0.25) is 0 Å². The first-order valence-electron chi connectivity index (χ1n) is 11.4. The van der Waals surface area contributed by atoms with Gasteiger partial charge in [0, 0.05) is 29.4 Å². The van der Waals surface area contributed by atoms with Crippen molar-refractivity contribution in [3.8, 4) is 11.5 Å². The minimum atomic E-state index is -0.168. The Hall–Kier alpha value is -3.19. The van der Waals surface area contributed by atoms with E-state index in [4.69, 9.17) is 9.47 Å². The monoisotopic (exact) mass is 477 g/mol. The fourth-order valence-electron chi connectivity index (χ4n) is 4.44. The number of rotatable bonds is 6. The highest BCUT2D eigenvalue weighted by atomic mass is 32.2. The van der Waals surface area contributed by atoms with Gasteiger partial charge in [-0.1, -0.05) is 13.0 Å². The first-order valence-corrected chi connectivity index (χ1v) is 12.2. The van der Waals surface area contributed by atoms with Gasteiger partial charge in [0.15, 0.2) is 5.17 Å². The molecular formula is C27H31N3O3S. The number of aliphatic imine (C=N–C) groups is 1. The topological polar surface area (TPSA) is 63.2 Å². The van der Waals surface area contributed by atoms with Crippen LogP contribution in [0.25, 0.3) is 11.6 Å². The highest BCUT2D eigenvalue weighted by Crippen LogP contribution is 2.43. The Bertz CT molecular complexity index is 1200. The first kappa shape index (κ1) is 24.0. The van der Waals surface area contributed by atoms with Gasteiger partial charge in [-0.2, -0.15) is 0 Å². The summed E-state index contributed by atoms with van der Waals surface area (Å²) in [6, 6.07) is 11.6. The third kappa shape index (κ3) is 4.71. The van der Waals surface area contributed by atoms with Gasteiger partial charge in [-0.05, 0) is 80.9 Å². The standard InChI is InChI=1S/C27H31N3O3S/c1-7-12-30-22-15-23(33-6)18(13-21(22)17(2)16-27(30,3)4)14-24-25(31)29-26(34-24)28-19-8-10-20(32-5)11-9-19/h8-11,13-16H,7,12H2,1-6H3,(H,28,29,31)/b24-14+. The number of methoxy groups -OCH3 is 2. The quantitative estimate of drug-likeness (QED) is 0.517. The maximum absolute atomic E-state index is 12.7. The number of anilines is 1. The van der Waals surface area contributed by atoms with E-state index in [0.717, 1.165) is 47.0 Å². The smallest absolute Gasteiger partial charge is 0.264 e. The van der Waals surface area contributed by atoms with Crippen LogP contribution in [0.5, 0.6) is 11.5 Å². The fourth-order valence-corrected chi connectivity index (χ4v) is 5.27. The molecule has 34 heavy (non-hydrogen) atoms. The number of nitrogens with one attached hydrogen (secondary N) is 1. The van der Waals surface area contributed by atoms with Gasteiger partial charge in [-0.3, -0.25) is 4.79 Å². The van der Waals surface area contributed by atoms with E-state index in [2.05, 4.69) is 61.1 Å². The summed E-state index contributed by atoms with van der Waals surface area (Å²) in [4.78, 5) is 20.2. The molecule has 0 bridgehead atoms. The second kappa shape index (κ2) is 9.58. The number of fused-ring (bicyclic) bond motifs is 1. The second-order valence-electron chi connectivity index (χ2n) is 8.92. The Morgan fingerprint density at radius 1 is 1.15 bits per heavy atom. The Morgan fingerprint density at radius 2 is 1.88 bits per heavy atom. The Balaban J connectivity index is 1.68. The van der Waals surface area contributed by atoms with Crippen LogP contribution in [0.1, 0.15) is 45.2 Å². The molecule has 0 aromatic heterocycles. The molecule has 2 aromatic carbocycles. The molecule has 0 atom stereocenters. The molecule has 2 aromatic rings. The number of amidine groups is 1. The average molecular weight is 478 g/mol. The van der Waals surface area contributed by atoms with E-state index < -0.39 is 0 Å². The Kier molecular flexibility index (Phi) is 6.75. The van der Waals surface area contributed by atoms with Gasteiger partial charge >= 0.3 is 0 Å². The van der Waals surface area contributed by atoms with E-state index in [1.807, 2.05) is 30.3 Å². The number of allylic oxidation sites excluding steroid dienone is 1. The molecule has 0 saturated carbocycles. The molecule has 1 amide bonds. The number of ether oxygens (including phenoxy) is 2. The predicted molar refractivity (Wildman–Crippen MR) is 142 cm³/mol. The van der Waals surface area contributed by atoms with Crippen LogP contribution >= 0.6 is 11.8 Å². The van der Waals surface area contributed by atoms with Crippen LogP contribution in [0.15, 0.2) is 52.4 Å². The van der Waals surface area contributed by atoms with Crippen LogP contribution in [0.4, 0.5) is 11.4 Å². The molecule has 1 N–H and O–H groups in total. The molecule has 1 fully saturated rings. The summed E-state index contributed by atoms with van der Waals surface area (Å²) >= 11 is 1.32. The van der Waals surface area contributed by atoms with Gasteiger partial charge in [0.2, 0.25) is 0 Å². The van der Waals surface area contributed by atoms with Gasteiger partial charge < -0.3 is 19.7 Å². The van der Waals surface area contributed by atoms with Crippen molar-refractivity contribution in [2.45, 2.75) is 39.7 Å². The van der Waals surface area contributed by atoms with E-state index in [1.165, 1.54) is 17.3 Å². The molecule has 1 saturated heterocycles. The van der Waals surface area contributed by atoms with Crippen molar-refractivity contribution in [2.24, 2.45) is 4.99 Å². The van der Waals surface area contributed by atoms with Crippen molar-refractivity contribution < 1.29 is 14.3 Å². The highest BCUT2D eigenvalue weighted by molar-refractivity contribution is 8.18. The molecule has 0 spiro atoms. The third-order valence-corrected chi connectivity index (χ3v) is 6.93. The van der Waals surface area contributed by atoms with E-state index in [9.17, 15) is 4.79 Å². The number of nitrogens with zero attached hydrogens (tertiary/aromatic N) is 2. The van der Waals surface area contributed by atoms with Crippen LogP contribution in [-0.4, -0.2) is 37.4 Å². The summed E-state index contributed by atoms with van der Waals surface area (Å²) in [5.74, 6) is 1.34. The molecular weight excluding hydrogens is 446 g/mol. The maximum atomic E-state index is 12.7. The lowest BCUT2D eigenvalue weighted by atomic mass is 9.87. The minimum Gasteiger partial charge on any atom is -0.497 e. The van der Waals surface area contributed by atoms with Gasteiger partial charge in [0.1, 0.15) is 11.5 Å². The SMILES string of the molecule is CCCN1c2cc(OC)c(/C=C3/SC(=Nc4ccc(OC)cc4)NC3=O)cc2C(C)=CC1(C)C. The molecule has 2 aliphatic rings. The molecule has 6 nitrogen and oxygen atoms in total. The van der Waals surface area contributed by atoms with Crippen molar-refractivity contribution in [3.63, 3.8) is 0 Å². The zero-order valence-corrected chi connectivity index (χ0v) is 21.4. The number of hydrogen-bond acceptors (Lipinski definition) is 6. The van der Waals surface area contributed by atoms with Crippen molar-refractivity contribution in [1.29, 1.82) is 0 Å². The molecule has 0 radical (unpaired) electrons. The number of carbonyl (C=O) groups excluding carboxylic acids is 1. The first-order chi connectivity index (χ1) is 16.2.